The largest absolute Gasteiger partial charge is 0.376 e. The van der Waals surface area contributed by atoms with Crippen LogP contribution in [0.1, 0.15) is 37.3 Å². The molecule has 1 saturated carbocycles. The van der Waals surface area contributed by atoms with Crippen LogP contribution >= 0.6 is 0 Å². The Morgan fingerprint density at radius 3 is 3.12 bits per heavy atom. The molecular weight excluding hydrogens is 196 g/mol. The van der Waals surface area contributed by atoms with Crippen LogP contribution in [0.25, 0.3) is 6.08 Å². The Morgan fingerprint density at radius 1 is 1.44 bits per heavy atom. The molecule has 1 heterocycles. The van der Waals surface area contributed by atoms with Crippen molar-refractivity contribution in [3.8, 4) is 6.07 Å². The quantitative estimate of drug-likeness (QED) is 0.713. The van der Waals surface area contributed by atoms with Gasteiger partial charge in [-0.15, -0.1) is 0 Å². The minimum atomic E-state index is 0.154. The first-order chi connectivity index (χ1) is 7.71. The Bertz CT molecular complexity index is 522. The van der Waals surface area contributed by atoms with E-state index in [2.05, 4.69) is 24.4 Å². The van der Waals surface area contributed by atoms with E-state index >= 15 is 0 Å². The van der Waals surface area contributed by atoms with E-state index in [9.17, 15) is 0 Å². The number of hydrogen-bond donors (Lipinski definition) is 1. The van der Waals surface area contributed by atoms with Crippen molar-refractivity contribution < 1.29 is 0 Å². The van der Waals surface area contributed by atoms with Crippen molar-refractivity contribution in [1.29, 1.82) is 5.26 Å². The van der Waals surface area contributed by atoms with E-state index < -0.39 is 0 Å². The summed E-state index contributed by atoms with van der Waals surface area (Å²) in [7, 11) is 0. The molecular formula is C14H14N2. The fourth-order valence-electron chi connectivity index (χ4n) is 2.79. The molecule has 0 amide bonds. The van der Waals surface area contributed by atoms with Gasteiger partial charge in [0, 0.05) is 5.69 Å². The molecule has 80 valence electrons. The Labute approximate surface area is 95.6 Å². The first kappa shape index (κ1) is 9.47. The molecule has 0 bridgehead atoms. The van der Waals surface area contributed by atoms with Crippen LogP contribution in [0.5, 0.6) is 0 Å². The van der Waals surface area contributed by atoms with E-state index in [4.69, 9.17) is 5.26 Å². The third-order valence-electron chi connectivity index (χ3n) is 3.75. The van der Waals surface area contributed by atoms with Gasteiger partial charge in [0.1, 0.15) is 0 Å². The molecule has 2 heteroatoms. The molecule has 1 aromatic carbocycles. The normalized spacial score (nSPS) is 26.1. The van der Waals surface area contributed by atoms with Gasteiger partial charge in [0.15, 0.2) is 0 Å². The van der Waals surface area contributed by atoms with Gasteiger partial charge in [-0.3, -0.25) is 0 Å². The van der Waals surface area contributed by atoms with E-state index in [0.29, 0.717) is 0 Å². The molecule has 2 nitrogen and oxygen atoms in total. The lowest BCUT2D eigenvalue weighted by molar-refractivity contribution is 0.611. The van der Waals surface area contributed by atoms with Gasteiger partial charge in [0.25, 0.3) is 0 Å². The lowest BCUT2D eigenvalue weighted by Crippen LogP contribution is -2.35. The molecule has 1 aliphatic carbocycles. The Morgan fingerprint density at radius 2 is 2.31 bits per heavy atom. The molecule has 1 atom stereocenters. The lowest BCUT2D eigenvalue weighted by atomic mass is 9.88. The third kappa shape index (κ3) is 1.25. The minimum absolute atomic E-state index is 0.154. The SMILES string of the molecule is C[C@]12CCCC1=Cc1cc(C#N)ccc1N2. The number of anilines is 1. The Kier molecular flexibility index (Phi) is 1.85. The first-order valence-electron chi connectivity index (χ1n) is 5.75. The van der Waals surface area contributed by atoms with Crippen molar-refractivity contribution in [2.75, 3.05) is 5.32 Å². The fraction of sp³-hybridized carbons (Fsp3) is 0.357. The summed E-state index contributed by atoms with van der Waals surface area (Å²) in [6.07, 6.45) is 5.91. The Hall–Kier alpha value is -1.75. The second kappa shape index (κ2) is 3.12. The number of benzene rings is 1. The summed E-state index contributed by atoms with van der Waals surface area (Å²) >= 11 is 0. The van der Waals surface area contributed by atoms with E-state index in [-0.39, 0.29) is 5.54 Å². The van der Waals surface area contributed by atoms with Crippen LogP contribution in [0.2, 0.25) is 0 Å². The summed E-state index contributed by atoms with van der Waals surface area (Å²) in [4.78, 5) is 0. The van der Waals surface area contributed by atoms with Crippen molar-refractivity contribution >= 4 is 11.8 Å². The summed E-state index contributed by atoms with van der Waals surface area (Å²) in [5.74, 6) is 0. The van der Waals surface area contributed by atoms with E-state index in [1.807, 2.05) is 18.2 Å². The van der Waals surface area contributed by atoms with Crippen molar-refractivity contribution in [1.82, 2.24) is 0 Å². The van der Waals surface area contributed by atoms with Crippen molar-refractivity contribution in [3.63, 3.8) is 0 Å². The van der Waals surface area contributed by atoms with Gasteiger partial charge in [0.05, 0.1) is 17.2 Å². The monoisotopic (exact) mass is 210 g/mol. The van der Waals surface area contributed by atoms with E-state index in [1.54, 1.807) is 0 Å². The highest BCUT2D eigenvalue weighted by Crippen LogP contribution is 2.43. The third-order valence-corrected chi connectivity index (χ3v) is 3.75. The molecule has 0 radical (unpaired) electrons. The predicted octanol–water partition coefficient (Wildman–Crippen LogP) is 3.31. The Balaban J connectivity index is 2.12. The van der Waals surface area contributed by atoms with Gasteiger partial charge in [-0.1, -0.05) is 6.08 Å². The number of nitrogens with zero attached hydrogens (tertiary/aromatic N) is 1. The minimum Gasteiger partial charge on any atom is -0.376 e. The maximum Gasteiger partial charge on any atom is 0.0991 e. The lowest BCUT2D eigenvalue weighted by Gasteiger charge is -2.33. The molecule has 1 aliphatic heterocycles. The second-order valence-corrected chi connectivity index (χ2v) is 4.89. The molecule has 0 unspecified atom stereocenters. The summed E-state index contributed by atoms with van der Waals surface area (Å²) in [6.45, 7) is 2.27. The van der Waals surface area contributed by atoms with E-state index in [1.165, 1.54) is 24.8 Å². The standard InChI is InChI=1S/C14H14N2/c1-14-6-2-3-12(14)8-11-7-10(9-15)4-5-13(11)16-14/h4-5,7-8,16H,2-3,6H2,1H3/t14-/m0/s1. The second-order valence-electron chi connectivity index (χ2n) is 4.89. The highest BCUT2D eigenvalue weighted by atomic mass is 15.0. The molecule has 16 heavy (non-hydrogen) atoms. The maximum atomic E-state index is 8.89. The number of nitrogens with one attached hydrogen (secondary N) is 1. The van der Waals surface area contributed by atoms with Gasteiger partial charge in [-0.05, 0) is 55.5 Å². The average Bonchev–Trinajstić information content (AvgIpc) is 2.65. The van der Waals surface area contributed by atoms with Crippen LogP contribution in [0.3, 0.4) is 0 Å². The molecule has 1 N–H and O–H groups in total. The summed E-state index contributed by atoms with van der Waals surface area (Å²) in [5, 5.41) is 12.5. The molecule has 0 spiro atoms. The first-order valence-corrected chi connectivity index (χ1v) is 5.75. The van der Waals surface area contributed by atoms with Gasteiger partial charge < -0.3 is 5.32 Å². The average molecular weight is 210 g/mol. The summed E-state index contributed by atoms with van der Waals surface area (Å²) < 4.78 is 0. The summed E-state index contributed by atoms with van der Waals surface area (Å²) in [6, 6.07) is 8.05. The zero-order valence-corrected chi connectivity index (χ0v) is 9.38. The van der Waals surface area contributed by atoms with Crippen LogP contribution < -0.4 is 5.32 Å². The van der Waals surface area contributed by atoms with Crippen molar-refractivity contribution in [2.45, 2.75) is 31.7 Å². The molecule has 1 aromatic rings. The van der Waals surface area contributed by atoms with Gasteiger partial charge in [-0.2, -0.15) is 5.26 Å². The van der Waals surface area contributed by atoms with Gasteiger partial charge in [0.2, 0.25) is 0 Å². The van der Waals surface area contributed by atoms with Crippen molar-refractivity contribution in [3.05, 3.63) is 34.9 Å². The van der Waals surface area contributed by atoms with Crippen LogP contribution in [-0.2, 0) is 0 Å². The highest BCUT2D eigenvalue weighted by Gasteiger charge is 2.36. The van der Waals surface area contributed by atoms with Gasteiger partial charge >= 0.3 is 0 Å². The predicted molar refractivity (Wildman–Crippen MR) is 65.0 cm³/mol. The van der Waals surface area contributed by atoms with Gasteiger partial charge in [-0.25, -0.2) is 0 Å². The number of rotatable bonds is 0. The molecule has 0 aromatic heterocycles. The number of nitriles is 1. The molecule has 0 saturated heterocycles. The topological polar surface area (TPSA) is 35.8 Å². The molecule has 2 aliphatic rings. The maximum absolute atomic E-state index is 8.89. The zero-order valence-electron chi connectivity index (χ0n) is 9.38. The smallest absolute Gasteiger partial charge is 0.0991 e. The van der Waals surface area contributed by atoms with Crippen LogP contribution in [-0.4, -0.2) is 5.54 Å². The zero-order chi connectivity index (χ0) is 11.2. The van der Waals surface area contributed by atoms with Crippen LogP contribution in [0.15, 0.2) is 23.8 Å². The highest BCUT2D eigenvalue weighted by molar-refractivity contribution is 5.76. The molecule has 1 fully saturated rings. The van der Waals surface area contributed by atoms with Crippen molar-refractivity contribution in [2.24, 2.45) is 0 Å². The van der Waals surface area contributed by atoms with Crippen LogP contribution in [0.4, 0.5) is 5.69 Å². The summed E-state index contributed by atoms with van der Waals surface area (Å²) in [5.41, 5.74) is 4.69. The number of hydrogen-bond acceptors (Lipinski definition) is 2. The fourth-order valence-corrected chi connectivity index (χ4v) is 2.79. The molecule has 3 rings (SSSR count). The van der Waals surface area contributed by atoms with E-state index in [0.717, 1.165) is 16.8 Å². The number of fused-ring (bicyclic) bond motifs is 2. The van der Waals surface area contributed by atoms with Crippen LogP contribution in [0, 0.1) is 11.3 Å².